The SMILES string of the molecule is Cc1cc(F)ccc1C1c2c(CC(C)C)n[nH]c2C(=O)N1c1ccc2ncnn2c1. The Bertz CT molecular complexity index is 1270. The smallest absolute Gasteiger partial charge is 0.277 e. The third-order valence-corrected chi connectivity index (χ3v) is 5.51. The number of hydrogen-bond donors (Lipinski definition) is 1. The van der Waals surface area contributed by atoms with Crippen LogP contribution < -0.4 is 4.90 Å². The van der Waals surface area contributed by atoms with E-state index in [0.29, 0.717) is 22.9 Å². The lowest BCUT2D eigenvalue weighted by molar-refractivity contribution is 0.0988. The van der Waals surface area contributed by atoms with E-state index in [4.69, 9.17) is 0 Å². The van der Waals surface area contributed by atoms with Crippen LogP contribution in [-0.4, -0.2) is 30.7 Å². The summed E-state index contributed by atoms with van der Waals surface area (Å²) in [6, 6.07) is 7.97. The number of aromatic amines is 1. The molecule has 1 atom stereocenters. The minimum atomic E-state index is -0.401. The van der Waals surface area contributed by atoms with E-state index < -0.39 is 6.04 Å². The highest BCUT2D eigenvalue weighted by atomic mass is 19.1. The number of H-pyrrole nitrogens is 1. The van der Waals surface area contributed by atoms with Crippen LogP contribution in [0.3, 0.4) is 0 Å². The van der Waals surface area contributed by atoms with Crippen molar-refractivity contribution in [2.45, 2.75) is 33.2 Å². The van der Waals surface area contributed by atoms with Gasteiger partial charge < -0.3 is 0 Å². The van der Waals surface area contributed by atoms with Crippen LogP contribution >= 0.6 is 0 Å². The maximum absolute atomic E-state index is 13.8. The molecular weight excluding hydrogens is 383 g/mol. The third-order valence-electron chi connectivity index (χ3n) is 5.51. The fraction of sp³-hybridized carbons (Fsp3) is 0.273. The molecule has 0 radical (unpaired) electrons. The first-order valence-electron chi connectivity index (χ1n) is 9.90. The van der Waals surface area contributed by atoms with Gasteiger partial charge >= 0.3 is 0 Å². The molecule has 0 bridgehead atoms. The molecule has 152 valence electrons. The number of carbonyl (C=O) groups is 1. The molecule has 1 aliphatic heterocycles. The van der Waals surface area contributed by atoms with Crippen LogP contribution in [0.2, 0.25) is 0 Å². The van der Waals surface area contributed by atoms with Gasteiger partial charge in [-0.3, -0.25) is 14.8 Å². The number of aryl methyl sites for hydroxylation is 1. The van der Waals surface area contributed by atoms with Crippen molar-refractivity contribution in [2.75, 3.05) is 4.90 Å². The van der Waals surface area contributed by atoms with Crippen LogP contribution in [-0.2, 0) is 6.42 Å². The summed E-state index contributed by atoms with van der Waals surface area (Å²) < 4.78 is 15.5. The van der Waals surface area contributed by atoms with Crippen molar-refractivity contribution < 1.29 is 9.18 Å². The first kappa shape index (κ1) is 18.5. The third kappa shape index (κ3) is 2.79. The van der Waals surface area contributed by atoms with Gasteiger partial charge in [0, 0.05) is 5.56 Å². The molecule has 3 aromatic heterocycles. The highest BCUT2D eigenvalue weighted by Gasteiger charge is 2.43. The summed E-state index contributed by atoms with van der Waals surface area (Å²) in [5.41, 5.74) is 5.25. The highest BCUT2D eigenvalue weighted by molar-refractivity contribution is 6.10. The van der Waals surface area contributed by atoms with Gasteiger partial charge in [0.05, 0.1) is 23.6 Å². The average molecular weight is 404 g/mol. The first-order chi connectivity index (χ1) is 14.4. The molecule has 0 spiro atoms. The van der Waals surface area contributed by atoms with Crippen LogP contribution in [0.4, 0.5) is 10.1 Å². The fourth-order valence-corrected chi connectivity index (χ4v) is 4.21. The molecule has 7 nitrogen and oxygen atoms in total. The van der Waals surface area contributed by atoms with Crippen molar-refractivity contribution in [1.82, 2.24) is 24.8 Å². The van der Waals surface area contributed by atoms with Gasteiger partial charge in [0.15, 0.2) is 5.65 Å². The van der Waals surface area contributed by atoms with Crippen LogP contribution in [0.1, 0.15) is 52.8 Å². The molecule has 1 N–H and O–H groups in total. The molecule has 8 heteroatoms. The predicted molar refractivity (Wildman–Crippen MR) is 110 cm³/mol. The van der Waals surface area contributed by atoms with E-state index in [1.54, 1.807) is 21.7 Å². The van der Waals surface area contributed by atoms with E-state index in [-0.39, 0.29) is 11.7 Å². The topological polar surface area (TPSA) is 79.2 Å². The summed E-state index contributed by atoms with van der Waals surface area (Å²) in [4.78, 5) is 19.4. The van der Waals surface area contributed by atoms with E-state index in [9.17, 15) is 9.18 Å². The average Bonchev–Trinajstić information content (AvgIpc) is 3.38. The van der Waals surface area contributed by atoms with Crippen LogP contribution in [0.25, 0.3) is 5.65 Å². The molecule has 5 rings (SSSR count). The Morgan fingerprint density at radius 3 is 2.83 bits per heavy atom. The van der Waals surface area contributed by atoms with Crippen molar-refractivity contribution in [2.24, 2.45) is 5.92 Å². The number of nitrogens with zero attached hydrogens (tertiary/aromatic N) is 5. The Hall–Kier alpha value is -3.55. The van der Waals surface area contributed by atoms with E-state index in [1.807, 2.05) is 19.1 Å². The van der Waals surface area contributed by atoms with Gasteiger partial charge in [-0.05, 0) is 54.7 Å². The Morgan fingerprint density at radius 1 is 1.23 bits per heavy atom. The zero-order valence-corrected chi connectivity index (χ0v) is 16.9. The second-order valence-corrected chi connectivity index (χ2v) is 8.09. The second-order valence-electron chi connectivity index (χ2n) is 8.09. The number of anilines is 1. The standard InChI is InChI=1S/C22H21FN6O/c1-12(2)8-17-19-20(27-26-17)22(30)29(15-5-7-18-24-11-25-28(18)10-15)21(19)16-6-4-14(23)9-13(16)3/h4-7,9-12,21H,8H2,1-3H3,(H,26,27). The van der Waals surface area contributed by atoms with Gasteiger partial charge in [-0.1, -0.05) is 19.9 Å². The van der Waals surface area contributed by atoms with Crippen molar-refractivity contribution >= 4 is 17.2 Å². The van der Waals surface area contributed by atoms with Crippen molar-refractivity contribution in [3.8, 4) is 0 Å². The summed E-state index contributed by atoms with van der Waals surface area (Å²) >= 11 is 0. The van der Waals surface area contributed by atoms with Crippen LogP contribution in [0.15, 0.2) is 42.9 Å². The van der Waals surface area contributed by atoms with E-state index in [1.165, 1.54) is 18.5 Å². The van der Waals surface area contributed by atoms with Gasteiger partial charge in [-0.15, -0.1) is 0 Å². The van der Waals surface area contributed by atoms with Crippen molar-refractivity contribution in [1.29, 1.82) is 0 Å². The molecular formula is C22H21FN6O. The number of amides is 1. The Kier molecular flexibility index (Phi) is 4.16. The lowest BCUT2D eigenvalue weighted by atomic mass is 9.92. The van der Waals surface area contributed by atoms with Crippen LogP contribution in [0, 0.1) is 18.7 Å². The maximum atomic E-state index is 13.8. The molecule has 1 amide bonds. The monoisotopic (exact) mass is 404 g/mol. The number of benzene rings is 1. The molecule has 0 fully saturated rings. The zero-order chi connectivity index (χ0) is 21.0. The molecule has 1 aromatic carbocycles. The number of aromatic nitrogens is 5. The minimum absolute atomic E-state index is 0.166. The minimum Gasteiger partial charge on any atom is -0.294 e. The molecule has 4 aromatic rings. The quantitative estimate of drug-likeness (QED) is 0.560. The number of carbonyl (C=O) groups excluding carboxylic acids is 1. The van der Waals surface area contributed by atoms with Gasteiger partial charge in [0.2, 0.25) is 0 Å². The number of rotatable bonds is 4. The molecule has 1 unspecified atom stereocenters. The molecule has 1 aliphatic rings. The second kappa shape index (κ2) is 6.76. The van der Waals surface area contributed by atoms with Gasteiger partial charge in [-0.2, -0.15) is 10.2 Å². The van der Waals surface area contributed by atoms with Crippen LogP contribution in [0.5, 0.6) is 0 Å². The van der Waals surface area contributed by atoms with Crippen molar-refractivity contribution in [3.63, 3.8) is 0 Å². The highest BCUT2D eigenvalue weighted by Crippen LogP contribution is 2.43. The van der Waals surface area contributed by atoms with Gasteiger partial charge in [0.1, 0.15) is 17.8 Å². The largest absolute Gasteiger partial charge is 0.294 e. The normalized spacial score (nSPS) is 16.1. The Labute approximate surface area is 172 Å². The van der Waals surface area contributed by atoms with Crippen molar-refractivity contribution in [3.05, 3.63) is 76.8 Å². The first-order valence-corrected chi connectivity index (χ1v) is 9.90. The number of pyridine rings is 1. The molecule has 0 saturated heterocycles. The number of nitrogens with one attached hydrogen (secondary N) is 1. The number of hydrogen-bond acceptors (Lipinski definition) is 4. The summed E-state index contributed by atoms with van der Waals surface area (Å²) in [7, 11) is 0. The Morgan fingerprint density at radius 2 is 2.07 bits per heavy atom. The van der Waals surface area contributed by atoms with Gasteiger partial charge in [0.25, 0.3) is 5.91 Å². The molecule has 0 aliphatic carbocycles. The van der Waals surface area contributed by atoms with Gasteiger partial charge in [-0.25, -0.2) is 13.9 Å². The van der Waals surface area contributed by atoms with E-state index in [2.05, 4.69) is 34.1 Å². The predicted octanol–water partition coefficient (Wildman–Crippen LogP) is 3.85. The number of fused-ring (bicyclic) bond motifs is 2. The van der Waals surface area contributed by atoms with E-state index >= 15 is 0 Å². The maximum Gasteiger partial charge on any atom is 0.277 e. The Balaban J connectivity index is 1.72. The molecule has 0 saturated carbocycles. The lowest BCUT2D eigenvalue weighted by Crippen LogP contribution is -2.30. The fourth-order valence-electron chi connectivity index (χ4n) is 4.21. The molecule has 4 heterocycles. The summed E-state index contributed by atoms with van der Waals surface area (Å²) in [5, 5.41) is 11.6. The summed E-state index contributed by atoms with van der Waals surface area (Å²) in [6.07, 6.45) is 4.00. The lowest BCUT2D eigenvalue weighted by Gasteiger charge is -2.27. The zero-order valence-electron chi connectivity index (χ0n) is 16.9. The summed E-state index contributed by atoms with van der Waals surface area (Å²) in [6.45, 7) is 6.10. The van der Waals surface area contributed by atoms with E-state index in [0.717, 1.165) is 28.8 Å². The molecule has 30 heavy (non-hydrogen) atoms. The number of halogens is 1. The summed E-state index contributed by atoms with van der Waals surface area (Å²) in [5.74, 6) is -0.0882.